The van der Waals surface area contributed by atoms with Crippen molar-refractivity contribution in [1.29, 1.82) is 5.26 Å². The number of nitriles is 1. The number of rotatable bonds is 8. The van der Waals surface area contributed by atoms with Crippen molar-refractivity contribution < 1.29 is 0 Å². The number of para-hydroxylation sites is 2. The molecule has 1 aromatic carbocycles. The first-order valence-electron chi connectivity index (χ1n) is 11.2. The van der Waals surface area contributed by atoms with Crippen molar-refractivity contribution in [1.82, 2.24) is 19.4 Å². The van der Waals surface area contributed by atoms with Crippen molar-refractivity contribution >= 4 is 11.0 Å². The quantitative estimate of drug-likeness (QED) is 0.516. The minimum Gasteiger partial charge on any atom is -0.326 e. The molecule has 1 aliphatic carbocycles. The number of pyridine rings is 1. The molecule has 0 bridgehead atoms. The molecule has 0 aliphatic heterocycles. The predicted octanol–water partition coefficient (Wildman–Crippen LogP) is 5.27. The lowest BCUT2D eigenvalue weighted by atomic mass is 9.90. The zero-order valence-electron chi connectivity index (χ0n) is 18.1. The van der Waals surface area contributed by atoms with E-state index < -0.39 is 0 Å². The van der Waals surface area contributed by atoms with Gasteiger partial charge in [-0.1, -0.05) is 32.0 Å². The lowest BCUT2D eigenvalue weighted by Gasteiger charge is -2.35. The van der Waals surface area contributed by atoms with E-state index in [1.165, 1.54) is 17.7 Å². The van der Waals surface area contributed by atoms with E-state index in [1.807, 2.05) is 12.3 Å². The summed E-state index contributed by atoms with van der Waals surface area (Å²) >= 11 is 0. The van der Waals surface area contributed by atoms with Crippen LogP contribution in [0.15, 0.2) is 42.6 Å². The highest BCUT2D eigenvalue weighted by Crippen LogP contribution is 2.34. The van der Waals surface area contributed by atoms with Gasteiger partial charge in [0.15, 0.2) is 0 Å². The molecule has 0 spiro atoms. The number of aryl methyl sites for hydroxylation is 2. The number of hydrogen-bond acceptors (Lipinski definition) is 4. The van der Waals surface area contributed by atoms with Crippen molar-refractivity contribution in [2.75, 3.05) is 6.54 Å². The van der Waals surface area contributed by atoms with Gasteiger partial charge in [-0.05, 0) is 61.9 Å². The van der Waals surface area contributed by atoms with E-state index in [2.05, 4.69) is 59.7 Å². The summed E-state index contributed by atoms with van der Waals surface area (Å²) in [6.07, 6.45) is 7.04. The number of fused-ring (bicyclic) bond motifs is 2. The minimum atomic E-state index is 0.331. The van der Waals surface area contributed by atoms with Gasteiger partial charge in [0.2, 0.25) is 0 Å². The first-order valence-corrected chi connectivity index (χ1v) is 11.2. The Morgan fingerprint density at radius 2 is 2.10 bits per heavy atom. The van der Waals surface area contributed by atoms with Gasteiger partial charge in [0.25, 0.3) is 0 Å². The van der Waals surface area contributed by atoms with Crippen molar-refractivity contribution in [3.05, 3.63) is 59.7 Å². The van der Waals surface area contributed by atoms with Gasteiger partial charge in [-0.25, -0.2) is 4.98 Å². The van der Waals surface area contributed by atoms with Gasteiger partial charge in [0.05, 0.1) is 41.8 Å². The van der Waals surface area contributed by atoms with Crippen molar-refractivity contribution in [2.24, 2.45) is 5.92 Å². The van der Waals surface area contributed by atoms with Crippen molar-refractivity contribution in [3.8, 4) is 6.07 Å². The number of benzene rings is 1. The number of nitrogens with zero attached hydrogens (tertiary/aromatic N) is 5. The van der Waals surface area contributed by atoms with Crippen LogP contribution in [0.1, 0.15) is 62.7 Å². The van der Waals surface area contributed by atoms with Gasteiger partial charge in [0.1, 0.15) is 5.82 Å². The van der Waals surface area contributed by atoms with Crippen LogP contribution in [0, 0.1) is 17.2 Å². The highest BCUT2D eigenvalue weighted by atomic mass is 15.2. The highest BCUT2D eigenvalue weighted by molar-refractivity contribution is 5.75. The normalized spacial score (nSPS) is 16.2. The van der Waals surface area contributed by atoms with Gasteiger partial charge < -0.3 is 4.57 Å². The monoisotopic (exact) mass is 401 g/mol. The first kappa shape index (κ1) is 20.6. The van der Waals surface area contributed by atoms with Crippen LogP contribution in [0.5, 0.6) is 0 Å². The van der Waals surface area contributed by atoms with E-state index in [0.717, 1.165) is 49.2 Å². The zero-order valence-corrected chi connectivity index (χ0v) is 18.1. The summed E-state index contributed by atoms with van der Waals surface area (Å²) < 4.78 is 2.24. The van der Waals surface area contributed by atoms with E-state index in [-0.39, 0.29) is 0 Å². The van der Waals surface area contributed by atoms with Crippen LogP contribution in [0.25, 0.3) is 11.0 Å². The largest absolute Gasteiger partial charge is 0.326 e. The van der Waals surface area contributed by atoms with Crippen molar-refractivity contribution in [2.45, 2.75) is 65.1 Å². The summed E-state index contributed by atoms with van der Waals surface area (Å²) in [5.74, 6) is 1.70. The molecule has 2 heterocycles. The third-order valence-corrected chi connectivity index (χ3v) is 6.13. The Bertz CT molecular complexity index is 1030. The van der Waals surface area contributed by atoms with Gasteiger partial charge in [-0.3, -0.25) is 9.88 Å². The average molecular weight is 402 g/mol. The molecule has 156 valence electrons. The van der Waals surface area contributed by atoms with Crippen molar-refractivity contribution in [3.63, 3.8) is 0 Å². The molecular weight excluding hydrogens is 370 g/mol. The smallest absolute Gasteiger partial charge is 0.124 e. The third-order valence-electron chi connectivity index (χ3n) is 6.13. The molecule has 30 heavy (non-hydrogen) atoms. The van der Waals surface area contributed by atoms with Crippen LogP contribution in [-0.2, 0) is 19.5 Å². The van der Waals surface area contributed by atoms with Gasteiger partial charge in [0, 0.05) is 12.7 Å². The molecule has 1 atom stereocenters. The van der Waals surface area contributed by atoms with Crippen LogP contribution >= 0.6 is 0 Å². The average Bonchev–Trinajstić information content (AvgIpc) is 3.11. The molecule has 5 heteroatoms. The molecule has 3 aromatic rings. The molecule has 0 fully saturated rings. The van der Waals surface area contributed by atoms with Crippen LogP contribution in [0.3, 0.4) is 0 Å². The summed E-state index contributed by atoms with van der Waals surface area (Å²) in [5.41, 5.74) is 4.76. The molecule has 4 rings (SSSR count). The fourth-order valence-electron chi connectivity index (χ4n) is 4.55. The predicted molar refractivity (Wildman–Crippen MR) is 120 cm³/mol. The van der Waals surface area contributed by atoms with E-state index in [9.17, 15) is 0 Å². The fourth-order valence-corrected chi connectivity index (χ4v) is 4.55. The molecule has 1 unspecified atom stereocenters. The maximum Gasteiger partial charge on any atom is 0.124 e. The van der Waals surface area contributed by atoms with Crippen LogP contribution in [0.2, 0.25) is 0 Å². The standard InChI is InChI=1S/C25H31N5/c1-19(2)13-17-29(23-12-5-8-20-9-6-15-27-25(20)23)18-24-28-21-10-3-4-11-22(21)30(24)16-7-14-26/h3-4,6,9-11,15,19,23H,5,7-8,12-13,16-18H2,1-2H3. The third kappa shape index (κ3) is 4.39. The minimum absolute atomic E-state index is 0.331. The van der Waals surface area contributed by atoms with Crippen LogP contribution in [-0.4, -0.2) is 26.0 Å². The van der Waals surface area contributed by atoms with Crippen LogP contribution < -0.4 is 0 Å². The maximum absolute atomic E-state index is 9.17. The second-order valence-electron chi connectivity index (χ2n) is 8.69. The first-order chi connectivity index (χ1) is 14.7. The molecule has 0 N–H and O–H groups in total. The Kier molecular flexibility index (Phi) is 6.44. The SMILES string of the molecule is CC(C)CCN(Cc1nc2ccccc2n1CCC#N)C1CCCc2cccnc21. The van der Waals surface area contributed by atoms with Gasteiger partial charge >= 0.3 is 0 Å². The number of imidazole rings is 1. The Hall–Kier alpha value is -2.71. The summed E-state index contributed by atoms with van der Waals surface area (Å²) in [6, 6.07) is 15.2. The summed E-state index contributed by atoms with van der Waals surface area (Å²) in [7, 11) is 0. The number of aromatic nitrogens is 3. The Balaban J connectivity index is 1.69. The lowest BCUT2D eigenvalue weighted by Crippen LogP contribution is -2.34. The van der Waals surface area contributed by atoms with Gasteiger partial charge in [-0.2, -0.15) is 5.26 Å². The topological polar surface area (TPSA) is 57.7 Å². The van der Waals surface area contributed by atoms with E-state index in [1.54, 1.807) is 0 Å². The molecule has 0 saturated carbocycles. The second-order valence-corrected chi connectivity index (χ2v) is 8.69. The maximum atomic E-state index is 9.17. The molecule has 5 nitrogen and oxygen atoms in total. The summed E-state index contributed by atoms with van der Waals surface area (Å²) in [6.45, 7) is 7.07. The lowest BCUT2D eigenvalue weighted by molar-refractivity contribution is 0.152. The zero-order chi connectivity index (χ0) is 20.9. The molecule has 2 aromatic heterocycles. The van der Waals surface area contributed by atoms with E-state index in [4.69, 9.17) is 15.2 Å². The Morgan fingerprint density at radius 1 is 1.23 bits per heavy atom. The fraction of sp³-hybridized carbons (Fsp3) is 0.480. The van der Waals surface area contributed by atoms with E-state index in [0.29, 0.717) is 24.9 Å². The number of hydrogen-bond donors (Lipinski definition) is 0. The molecule has 0 amide bonds. The van der Waals surface area contributed by atoms with E-state index >= 15 is 0 Å². The van der Waals surface area contributed by atoms with Crippen LogP contribution in [0.4, 0.5) is 0 Å². The molecule has 1 aliphatic rings. The molecular formula is C25H31N5. The molecule has 0 radical (unpaired) electrons. The highest BCUT2D eigenvalue weighted by Gasteiger charge is 2.28. The summed E-state index contributed by atoms with van der Waals surface area (Å²) in [5, 5.41) is 9.17. The van der Waals surface area contributed by atoms with Gasteiger partial charge in [-0.15, -0.1) is 0 Å². The molecule has 0 saturated heterocycles. The Labute approximate surface area is 179 Å². The second kappa shape index (κ2) is 9.40. The Morgan fingerprint density at radius 3 is 2.93 bits per heavy atom. The summed E-state index contributed by atoms with van der Waals surface area (Å²) in [4.78, 5) is 12.3.